The molecule has 1 aromatic carbocycles. The minimum atomic E-state index is -0.476. The van der Waals surface area contributed by atoms with E-state index in [-0.39, 0.29) is 11.8 Å². The number of benzene rings is 1. The number of hydrogen-bond donors (Lipinski definition) is 1. The second kappa shape index (κ2) is 5.80. The molecule has 4 nitrogen and oxygen atoms in total. The molecule has 0 aliphatic carbocycles. The molecule has 1 N–H and O–H groups in total. The highest BCUT2D eigenvalue weighted by molar-refractivity contribution is 5.75. The first kappa shape index (κ1) is 15.4. The molecule has 4 heteroatoms. The van der Waals surface area contributed by atoms with Crippen molar-refractivity contribution in [2.75, 3.05) is 13.1 Å². The molecular weight excluding hydrogens is 266 g/mol. The summed E-state index contributed by atoms with van der Waals surface area (Å²) in [7, 11) is 0. The molecule has 1 heterocycles. The maximum atomic E-state index is 12.0. The molecule has 2 rings (SSSR count). The Balaban J connectivity index is 2.08. The highest BCUT2D eigenvalue weighted by Crippen LogP contribution is 2.30. The number of phenols is 1. The zero-order valence-corrected chi connectivity index (χ0v) is 13.1. The lowest BCUT2D eigenvalue weighted by Crippen LogP contribution is -2.39. The third-order valence-electron chi connectivity index (χ3n) is 3.36. The van der Waals surface area contributed by atoms with E-state index < -0.39 is 5.60 Å². The summed E-state index contributed by atoms with van der Waals surface area (Å²) in [6.45, 7) is 8.70. The fourth-order valence-corrected chi connectivity index (χ4v) is 2.31. The van der Waals surface area contributed by atoms with Crippen LogP contribution in [0.25, 0.3) is 5.57 Å². The molecule has 21 heavy (non-hydrogen) atoms. The Morgan fingerprint density at radius 1 is 1.33 bits per heavy atom. The number of nitrogens with zero attached hydrogens (tertiary/aromatic N) is 1. The fourth-order valence-electron chi connectivity index (χ4n) is 2.31. The number of aromatic hydroxyl groups is 1. The average Bonchev–Trinajstić information content (AvgIpc) is 2.40. The molecule has 0 atom stereocenters. The number of ether oxygens (including phenoxy) is 1. The Bertz CT molecular complexity index is 570. The molecular formula is C17H23NO3. The lowest BCUT2D eigenvalue weighted by atomic mass is 9.97. The third kappa shape index (κ3) is 4.00. The SMILES string of the molecule is Cc1ccc(O)c(C2=CCN(C(=O)OC(C)(C)C)CC2)c1. The predicted molar refractivity (Wildman–Crippen MR) is 83.2 cm³/mol. The number of carbonyl (C=O) groups is 1. The van der Waals surface area contributed by atoms with Crippen LogP contribution in [0.1, 0.15) is 38.3 Å². The molecule has 0 saturated heterocycles. The van der Waals surface area contributed by atoms with Crippen LogP contribution >= 0.6 is 0 Å². The van der Waals surface area contributed by atoms with Gasteiger partial charge in [0, 0.05) is 18.7 Å². The van der Waals surface area contributed by atoms with E-state index in [1.54, 1.807) is 11.0 Å². The summed E-state index contributed by atoms with van der Waals surface area (Å²) in [6, 6.07) is 5.57. The highest BCUT2D eigenvalue weighted by Gasteiger charge is 2.24. The Hall–Kier alpha value is -1.97. The molecule has 0 aromatic heterocycles. The minimum Gasteiger partial charge on any atom is -0.507 e. The van der Waals surface area contributed by atoms with Gasteiger partial charge >= 0.3 is 6.09 Å². The van der Waals surface area contributed by atoms with Crippen molar-refractivity contribution >= 4 is 11.7 Å². The number of aryl methyl sites for hydroxylation is 1. The summed E-state index contributed by atoms with van der Waals surface area (Å²) < 4.78 is 5.37. The summed E-state index contributed by atoms with van der Waals surface area (Å²) in [4.78, 5) is 13.7. The van der Waals surface area contributed by atoms with Crippen molar-refractivity contribution < 1.29 is 14.6 Å². The normalized spacial score (nSPS) is 15.6. The fraction of sp³-hybridized carbons (Fsp3) is 0.471. The van der Waals surface area contributed by atoms with Gasteiger partial charge in [0.05, 0.1) is 0 Å². The van der Waals surface area contributed by atoms with Gasteiger partial charge in [-0.15, -0.1) is 0 Å². The van der Waals surface area contributed by atoms with E-state index >= 15 is 0 Å². The monoisotopic (exact) mass is 289 g/mol. The van der Waals surface area contributed by atoms with Crippen LogP contribution in [0.15, 0.2) is 24.3 Å². The van der Waals surface area contributed by atoms with Gasteiger partial charge < -0.3 is 14.7 Å². The van der Waals surface area contributed by atoms with Crippen LogP contribution in [0.4, 0.5) is 4.79 Å². The number of rotatable bonds is 1. The first-order chi connectivity index (χ1) is 9.76. The largest absolute Gasteiger partial charge is 0.507 e. The van der Waals surface area contributed by atoms with Gasteiger partial charge in [0.1, 0.15) is 11.4 Å². The Kier molecular flexibility index (Phi) is 4.26. The molecule has 0 saturated carbocycles. The minimum absolute atomic E-state index is 0.286. The van der Waals surface area contributed by atoms with Crippen molar-refractivity contribution in [1.29, 1.82) is 0 Å². The molecule has 0 unspecified atom stereocenters. The first-order valence-corrected chi connectivity index (χ1v) is 7.23. The van der Waals surface area contributed by atoms with Gasteiger partial charge in [0.15, 0.2) is 0 Å². The van der Waals surface area contributed by atoms with Gasteiger partial charge in [0.2, 0.25) is 0 Å². The summed E-state index contributed by atoms with van der Waals surface area (Å²) in [5.41, 5.74) is 2.57. The smallest absolute Gasteiger partial charge is 0.410 e. The number of amides is 1. The second-order valence-electron chi connectivity index (χ2n) is 6.43. The molecule has 0 bridgehead atoms. The van der Waals surface area contributed by atoms with Crippen LogP contribution in [0.2, 0.25) is 0 Å². The van der Waals surface area contributed by atoms with E-state index in [2.05, 4.69) is 0 Å². The van der Waals surface area contributed by atoms with Crippen molar-refractivity contribution in [1.82, 2.24) is 4.90 Å². The van der Waals surface area contributed by atoms with Gasteiger partial charge in [-0.1, -0.05) is 17.7 Å². The molecule has 1 aromatic rings. The predicted octanol–water partition coefficient (Wildman–Crippen LogP) is 3.72. The van der Waals surface area contributed by atoms with Gasteiger partial charge in [-0.3, -0.25) is 0 Å². The standard InChI is InChI=1S/C17H23NO3/c1-12-5-6-15(19)14(11-12)13-7-9-18(10-8-13)16(20)21-17(2,3)4/h5-7,11,19H,8-10H2,1-4H3. The maximum Gasteiger partial charge on any atom is 0.410 e. The van der Waals surface area contributed by atoms with E-state index in [0.717, 1.165) is 23.1 Å². The van der Waals surface area contributed by atoms with Gasteiger partial charge in [-0.25, -0.2) is 4.79 Å². The molecule has 0 spiro atoms. The zero-order chi connectivity index (χ0) is 15.6. The number of hydrogen-bond acceptors (Lipinski definition) is 3. The number of carbonyl (C=O) groups excluding carboxylic acids is 1. The van der Waals surface area contributed by atoms with Crippen molar-refractivity contribution in [3.63, 3.8) is 0 Å². The summed E-state index contributed by atoms with van der Waals surface area (Å²) in [5, 5.41) is 9.97. The maximum absolute atomic E-state index is 12.0. The van der Waals surface area contributed by atoms with E-state index in [0.29, 0.717) is 13.1 Å². The van der Waals surface area contributed by atoms with Gasteiger partial charge in [0.25, 0.3) is 0 Å². The van der Waals surface area contributed by atoms with Gasteiger partial charge in [-0.2, -0.15) is 0 Å². The van der Waals surface area contributed by atoms with Crippen molar-refractivity contribution in [3.8, 4) is 5.75 Å². The first-order valence-electron chi connectivity index (χ1n) is 7.23. The number of phenolic OH excluding ortho intramolecular Hbond substituents is 1. The second-order valence-corrected chi connectivity index (χ2v) is 6.43. The topological polar surface area (TPSA) is 49.8 Å². The van der Waals surface area contributed by atoms with Crippen LogP contribution in [0, 0.1) is 6.92 Å². The van der Waals surface area contributed by atoms with Crippen LogP contribution in [0.3, 0.4) is 0 Å². The van der Waals surface area contributed by atoms with Gasteiger partial charge in [-0.05, 0) is 51.8 Å². The van der Waals surface area contributed by atoms with Crippen LogP contribution < -0.4 is 0 Å². The molecule has 1 amide bonds. The Labute approximate surface area is 126 Å². The van der Waals surface area contributed by atoms with Crippen LogP contribution in [-0.4, -0.2) is 34.8 Å². The lowest BCUT2D eigenvalue weighted by molar-refractivity contribution is 0.0270. The Morgan fingerprint density at radius 2 is 2.05 bits per heavy atom. The molecule has 0 fully saturated rings. The molecule has 1 aliphatic rings. The lowest BCUT2D eigenvalue weighted by Gasteiger charge is -2.29. The molecule has 114 valence electrons. The van der Waals surface area contributed by atoms with Crippen LogP contribution in [0.5, 0.6) is 5.75 Å². The average molecular weight is 289 g/mol. The van der Waals surface area contributed by atoms with Crippen molar-refractivity contribution in [2.45, 2.75) is 39.7 Å². The third-order valence-corrected chi connectivity index (χ3v) is 3.36. The molecule has 1 aliphatic heterocycles. The summed E-state index contributed by atoms with van der Waals surface area (Å²) in [6.07, 6.45) is 2.42. The zero-order valence-electron chi connectivity index (χ0n) is 13.1. The quantitative estimate of drug-likeness (QED) is 0.857. The van der Waals surface area contributed by atoms with E-state index in [1.165, 1.54) is 0 Å². The summed E-state index contributed by atoms with van der Waals surface area (Å²) in [5.74, 6) is 0.289. The van der Waals surface area contributed by atoms with E-state index in [1.807, 2.05) is 45.9 Å². The molecule has 0 radical (unpaired) electrons. The van der Waals surface area contributed by atoms with E-state index in [9.17, 15) is 9.90 Å². The van der Waals surface area contributed by atoms with Crippen molar-refractivity contribution in [2.24, 2.45) is 0 Å². The summed E-state index contributed by atoms with van der Waals surface area (Å²) >= 11 is 0. The van der Waals surface area contributed by atoms with Crippen molar-refractivity contribution in [3.05, 3.63) is 35.4 Å². The Morgan fingerprint density at radius 3 is 2.62 bits per heavy atom. The van der Waals surface area contributed by atoms with Crippen LogP contribution in [-0.2, 0) is 4.74 Å². The van der Waals surface area contributed by atoms with E-state index in [4.69, 9.17) is 4.74 Å². The highest BCUT2D eigenvalue weighted by atomic mass is 16.6.